The molecule has 0 aromatic carbocycles. The molecule has 0 bridgehead atoms. The van der Waals surface area contributed by atoms with Crippen LogP contribution in [0.3, 0.4) is 0 Å². The Bertz CT molecular complexity index is 494. The van der Waals surface area contributed by atoms with Crippen molar-refractivity contribution in [1.82, 2.24) is 20.2 Å². The SMILES string of the molecule is CNC(=O)[C@@H]1C[C@@H](N)CN1Cc1cnc(C(C)(C)C)nc1. The Morgan fingerprint density at radius 3 is 2.57 bits per heavy atom. The molecule has 2 atom stereocenters. The third-order valence-corrected chi connectivity index (χ3v) is 3.75. The predicted molar refractivity (Wildman–Crippen MR) is 81.6 cm³/mol. The highest BCUT2D eigenvalue weighted by atomic mass is 16.2. The van der Waals surface area contributed by atoms with Gasteiger partial charge in [0, 0.05) is 49.6 Å². The number of aromatic nitrogens is 2. The molecule has 1 amide bonds. The van der Waals surface area contributed by atoms with Crippen molar-refractivity contribution in [2.24, 2.45) is 5.73 Å². The van der Waals surface area contributed by atoms with Gasteiger partial charge in [-0.05, 0) is 6.42 Å². The van der Waals surface area contributed by atoms with Crippen LogP contribution < -0.4 is 11.1 Å². The van der Waals surface area contributed by atoms with Gasteiger partial charge in [-0.1, -0.05) is 20.8 Å². The smallest absolute Gasteiger partial charge is 0.237 e. The van der Waals surface area contributed by atoms with E-state index in [1.54, 1.807) is 7.05 Å². The van der Waals surface area contributed by atoms with Gasteiger partial charge in [0.05, 0.1) is 6.04 Å². The second-order valence-corrected chi connectivity index (χ2v) is 6.72. The molecule has 0 radical (unpaired) electrons. The predicted octanol–water partition coefficient (Wildman–Crippen LogP) is 0.422. The average Bonchev–Trinajstić information content (AvgIpc) is 2.78. The molecule has 6 heteroatoms. The maximum atomic E-state index is 11.9. The summed E-state index contributed by atoms with van der Waals surface area (Å²) in [5.41, 5.74) is 6.94. The number of hydrogen-bond donors (Lipinski definition) is 2. The number of rotatable bonds is 3. The van der Waals surface area contributed by atoms with Crippen molar-refractivity contribution < 1.29 is 4.79 Å². The summed E-state index contributed by atoms with van der Waals surface area (Å²) in [6.45, 7) is 7.63. The number of nitrogens with zero attached hydrogens (tertiary/aromatic N) is 3. The maximum Gasteiger partial charge on any atom is 0.237 e. The van der Waals surface area contributed by atoms with Crippen molar-refractivity contribution in [3.63, 3.8) is 0 Å². The van der Waals surface area contributed by atoms with Crippen LogP contribution in [0, 0.1) is 0 Å². The van der Waals surface area contributed by atoms with Gasteiger partial charge < -0.3 is 11.1 Å². The van der Waals surface area contributed by atoms with Crippen molar-refractivity contribution in [1.29, 1.82) is 0 Å². The lowest BCUT2D eigenvalue weighted by molar-refractivity contribution is -0.125. The zero-order valence-corrected chi connectivity index (χ0v) is 13.3. The Labute approximate surface area is 126 Å². The fourth-order valence-corrected chi connectivity index (χ4v) is 2.61. The maximum absolute atomic E-state index is 11.9. The molecule has 2 rings (SSSR count). The number of nitrogens with two attached hydrogens (primary N) is 1. The minimum atomic E-state index is -0.160. The normalized spacial score (nSPS) is 23.3. The highest BCUT2D eigenvalue weighted by molar-refractivity contribution is 5.81. The van der Waals surface area contributed by atoms with E-state index in [1.165, 1.54) is 0 Å². The van der Waals surface area contributed by atoms with Crippen molar-refractivity contribution in [3.05, 3.63) is 23.8 Å². The van der Waals surface area contributed by atoms with Crippen LogP contribution in [0.4, 0.5) is 0 Å². The first-order valence-electron chi connectivity index (χ1n) is 7.34. The van der Waals surface area contributed by atoms with Crippen LogP contribution in [0.2, 0.25) is 0 Å². The summed E-state index contributed by atoms with van der Waals surface area (Å²) in [6, 6.07) is -0.116. The van der Waals surface area contributed by atoms with E-state index in [-0.39, 0.29) is 23.4 Å². The van der Waals surface area contributed by atoms with Gasteiger partial charge in [0.1, 0.15) is 5.82 Å². The van der Waals surface area contributed by atoms with Gasteiger partial charge in [-0.2, -0.15) is 0 Å². The molecule has 6 nitrogen and oxygen atoms in total. The largest absolute Gasteiger partial charge is 0.358 e. The number of likely N-dealkylation sites (tertiary alicyclic amines) is 1. The van der Waals surface area contributed by atoms with Gasteiger partial charge >= 0.3 is 0 Å². The molecule has 1 saturated heterocycles. The number of amides is 1. The van der Waals surface area contributed by atoms with Crippen LogP contribution >= 0.6 is 0 Å². The number of likely N-dealkylation sites (N-methyl/N-ethyl adjacent to an activating group) is 1. The Hall–Kier alpha value is -1.53. The van der Waals surface area contributed by atoms with E-state index in [4.69, 9.17) is 5.73 Å². The van der Waals surface area contributed by atoms with E-state index in [9.17, 15) is 4.79 Å². The van der Waals surface area contributed by atoms with E-state index in [1.807, 2.05) is 12.4 Å². The summed E-state index contributed by atoms with van der Waals surface area (Å²) in [6.07, 6.45) is 4.39. The third kappa shape index (κ3) is 3.77. The van der Waals surface area contributed by atoms with Crippen LogP contribution in [-0.2, 0) is 16.8 Å². The highest BCUT2D eigenvalue weighted by Crippen LogP contribution is 2.21. The Morgan fingerprint density at radius 2 is 2.05 bits per heavy atom. The monoisotopic (exact) mass is 291 g/mol. The number of hydrogen-bond acceptors (Lipinski definition) is 5. The van der Waals surface area contributed by atoms with Crippen molar-refractivity contribution in [3.8, 4) is 0 Å². The number of carbonyl (C=O) groups excluding carboxylic acids is 1. The van der Waals surface area contributed by atoms with Crippen molar-refractivity contribution in [2.45, 2.75) is 51.2 Å². The van der Waals surface area contributed by atoms with Gasteiger partial charge in [-0.15, -0.1) is 0 Å². The van der Waals surface area contributed by atoms with E-state index in [2.05, 4.69) is 41.0 Å². The van der Waals surface area contributed by atoms with Crippen LogP contribution in [0.15, 0.2) is 12.4 Å². The van der Waals surface area contributed by atoms with Crippen LogP contribution in [0.1, 0.15) is 38.6 Å². The van der Waals surface area contributed by atoms with Crippen LogP contribution in [-0.4, -0.2) is 46.5 Å². The fraction of sp³-hybridized carbons (Fsp3) is 0.667. The first-order valence-corrected chi connectivity index (χ1v) is 7.34. The van der Waals surface area contributed by atoms with Gasteiger partial charge in [0.25, 0.3) is 0 Å². The second kappa shape index (κ2) is 6.07. The van der Waals surface area contributed by atoms with Crippen LogP contribution in [0.25, 0.3) is 0 Å². The summed E-state index contributed by atoms with van der Waals surface area (Å²) in [7, 11) is 1.66. The first-order chi connectivity index (χ1) is 9.81. The molecule has 0 saturated carbocycles. The lowest BCUT2D eigenvalue weighted by Gasteiger charge is -2.23. The Morgan fingerprint density at radius 1 is 1.43 bits per heavy atom. The van der Waals surface area contributed by atoms with Gasteiger partial charge in [0.2, 0.25) is 5.91 Å². The second-order valence-electron chi connectivity index (χ2n) is 6.72. The summed E-state index contributed by atoms with van der Waals surface area (Å²) in [5.74, 6) is 0.849. The Balaban J connectivity index is 2.08. The lowest BCUT2D eigenvalue weighted by atomic mass is 9.96. The zero-order valence-electron chi connectivity index (χ0n) is 13.3. The molecule has 0 unspecified atom stereocenters. The van der Waals surface area contributed by atoms with E-state index in [0.29, 0.717) is 13.0 Å². The minimum absolute atomic E-state index is 0.0233. The Kier molecular flexibility index (Phi) is 4.58. The summed E-state index contributed by atoms with van der Waals surface area (Å²) in [5, 5.41) is 2.70. The van der Waals surface area contributed by atoms with E-state index >= 15 is 0 Å². The van der Waals surface area contributed by atoms with Gasteiger partial charge in [-0.3, -0.25) is 9.69 Å². The topological polar surface area (TPSA) is 84.1 Å². The number of carbonyl (C=O) groups is 1. The lowest BCUT2D eigenvalue weighted by Crippen LogP contribution is -2.41. The standard InChI is InChI=1S/C15H25N5O/c1-15(2,3)14-18-6-10(7-19-14)8-20-9-11(16)5-12(20)13(21)17-4/h6-7,11-12H,5,8-9,16H2,1-4H3,(H,17,21)/t11-,12+/m1/s1. The molecule has 1 aromatic heterocycles. The number of nitrogens with one attached hydrogen (secondary N) is 1. The van der Waals surface area contributed by atoms with Gasteiger partial charge in [-0.25, -0.2) is 9.97 Å². The fourth-order valence-electron chi connectivity index (χ4n) is 2.61. The third-order valence-electron chi connectivity index (χ3n) is 3.75. The van der Waals surface area contributed by atoms with Crippen molar-refractivity contribution in [2.75, 3.05) is 13.6 Å². The average molecular weight is 291 g/mol. The molecular formula is C15H25N5O. The molecule has 0 aliphatic carbocycles. The molecule has 0 spiro atoms. The molecule has 1 aliphatic rings. The molecular weight excluding hydrogens is 266 g/mol. The molecule has 1 fully saturated rings. The minimum Gasteiger partial charge on any atom is -0.358 e. The first kappa shape index (κ1) is 15.9. The van der Waals surface area contributed by atoms with Crippen LogP contribution in [0.5, 0.6) is 0 Å². The van der Waals surface area contributed by atoms with E-state index < -0.39 is 0 Å². The van der Waals surface area contributed by atoms with E-state index in [0.717, 1.165) is 17.9 Å². The summed E-state index contributed by atoms with van der Waals surface area (Å²) < 4.78 is 0. The zero-order chi connectivity index (χ0) is 15.6. The summed E-state index contributed by atoms with van der Waals surface area (Å²) in [4.78, 5) is 22.9. The highest BCUT2D eigenvalue weighted by Gasteiger charge is 2.34. The van der Waals surface area contributed by atoms with Gasteiger partial charge in [0.15, 0.2) is 0 Å². The quantitative estimate of drug-likeness (QED) is 0.843. The molecule has 2 heterocycles. The molecule has 1 aromatic rings. The molecule has 1 aliphatic heterocycles. The molecule has 3 N–H and O–H groups in total. The summed E-state index contributed by atoms with van der Waals surface area (Å²) >= 11 is 0. The molecule has 21 heavy (non-hydrogen) atoms. The van der Waals surface area contributed by atoms with Crippen molar-refractivity contribution >= 4 is 5.91 Å². The molecule has 116 valence electrons.